The normalized spacial score (nSPS) is 11.4. The predicted octanol–water partition coefficient (Wildman–Crippen LogP) is 1.88. The number of nitrogens with zero attached hydrogens (tertiary/aromatic N) is 5. The molecule has 0 bridgehead atoms. The maximum absolute atomic E-state index is 13.9. The SMILES string of the molecule is Cc1nc2ncc3c(=O)n(-c4ccccc4F)ccc3n2n1. The Kier molecular flexibility index (Phi) is 2.56. The summed E-state index contributed by atoms with van der Waals surface area (Å²) < 4.78 is 16.7. The van der Waals surface area contributed by atoms with E-state index in [9.17, 15) is 9.18 Å². The molecule has 108 valence electrons. The zero-order valence-electron chi connectivity index (χ0n) is 11.6. The molecule has 4 rings (SSSR count). The van der Waals surface area contributed by atoms with Crippen molar-refractivity contribution in [1.29, 1.82) is 0 Å². The van der Waals surface area contributed by atoms with E-state index in [1.165, 1.54) is 27.5 Å². The third-order valence-electron chi connectivity index (χ3n) is 3.45. The number of aryl methyl sites for hydroxylation is 1. The van der Waals surface area contributed by atoms with Gasteiger partial charge in [-0.1, -0.05) is 12.1 Å². The minimum atomic E-state index is -0.463. The van der Waals surface area contributed by atoms with Crippen LogP contribution in [-0.4, -0.2) is 24.1 Å². The Hall–Kier alpha value is -3.09. The van der Waals surface area contributed by atoms with Crippen molar-refractivity contribution in [3.05, 3.63) is 64.7 Å². The van der Waals surface area contributed by atoms with E-state index in [1.807, 2.05) is 0 Å². The molecule has 0 aliphatic heterocycles. The van der Waals surface area contributed by atoms with E-state index in [2.05, 4.69) is 15.1 Å². The molecule has 0 spiro atoms. The van der Waals surface area contributed by atoms with Crippen molar-refractivity contribution < 1.29 is 4.39 Å². The molecule has 7 heteroatoms. The first-order chi connectivity index (χ1) is 10.6. The number of benzene rings is 1. The first kappa shape index (κ1) is 12.6. The van der Waals surface area contributed by atoms with Gasteiger partial charge in [0.1, 0.15) is 11.6 Å². The van der Waals surface area contributed by atoms with Crippen LogP contribution in [0.2, 0.25) is 0 Å². The Morgan fingerprint density at radius 2 is 2.00 bits per heavy atom. The first-order valence-corrected chi connectivity index (χ1v) is 6.64. The fourth-order valence-electron chi connectivity index (χ4n) is 2.46. The highest BCUT2D eigenvalue weighted by Crippen LogP contribution is 2.14. The number of rotatable bonds is 1. The number of aromatic nitrogens is 5. The quantitative estimate of drug-likeness (QED) is 0.538. The van der Waals surface area contributed by atoms with Gasteiger partial charge in [-0.05, 0) is 25.1 Å². The Balaban J connectivity index is 2.08. The molecule has 0 unspecified atom stereocenters. The van der Waals surface area contributed by atoms with Gasteiger partial charge in [0.2, 0.25) is 0 Å². The van der Waals surface area contributed by atoms with Gasteiger partial charge in [0, 0.05) is 12.4 Å². The van der Waals surface area contributed by atoms with E-state index >= 15 is 0 Å². The third-order valence-corrected chi connectivity index (χ3v) is 3.45. The van der Waals surface area contributed by atoms with Crippen LogP contribution in [0.3, 0.4) is 0 Å². The van der Waals surface area contributed by atoms with Gasteiger partial charge in [-0.15, -0.1) is 5.10 Å². The molecule has 3 aromatic heterocycles. The number of hydrogen-bond donors (Lipinski definition) is 0. The number of fused-ring (bicyclic) bond motifs is 3. The van der Waals surface area contributed by atoms with Crippen LogP contribution in [0.15, 0.2) is 47.5 Å². The monoisotopic (exact) mass is 295 g/mol. The van der Waals surface area contributed by atoms with Crippen LogP contribution in [0.4, 0.5) is 4.39 Å². The Morgan fingerprint density at radius 1 is 1.18 bits per heavy atom. The van der Waals surface area contributed by atoms with Gasteiger partial charge >= 0.3 is 0 Å². The van der Waals surface area contributed by atoms with Crippen molar-refractivity contribution >= 4 is 16.7 Å². The zero-order chi connectivity index (χ0) is 15.3. The summed E-state index contributed by atoms with van der Waals surface area (Å²) in [4.78, 5) is 20.9. The molecule has 0 aliphatic rings. The van der Waals surface area contributed by atoms with Crippen LogP contribution in [-0.2, 0) is 0 Å². The molecule has 0 aliphatic carbocycles. The fraction of sp³-hybridized carbons (Fsp3) is 0.0667. The molecule has 3 heterocycles. The summed E-state index contributed by atoms with van der Waals surface area (Å²) >= 11 is 0. The summed E-state index contributed by atoms with van der Waals surface area (Å²) in [6.45, 7) is 1.75. The van der Waals surface area contributed by atoms with Crippen LogP contribution in [0, 0.1) is 12.7 Å². The number of para-hydroxylation sites is 1. The minimum Gasteiger partial charge on any atom is -0.281 e. The molecular formula is C15H10FN5O. The van der Waals surface area contributed by atoms with Gasteiger partial charge in [-0.25, -0.2) is 9.37 Å². The van der Waals surface area contributed by atoms with Gasteiger partial charge in [0.25, 0.3) is 11.3 Å². The maximum atomic E-state index is 13.9. The van der Waals surface area contributed by atoms with Gasteiger partial charge < -0.3 is 0 Å². The molecule has 0 atom stereocenters. The molecule has 0 radical (unpaired) electrons. The van der Waals surface area contributed by atoms with E-state index in [0.717, 1.165) is 0 Å². The van der Waals surface area contributed by atoms with Gasteiger partial charge in [-0.3, -0.25) is 9.36 Å². The van der Waals surface area contributed by atoms with E-state index in [0.29, 0.717) is 22.5 Å². The van der Waals surface area contributed by atoms with Gasteiger partial charge in [0.05, 0.1) is 16.6 Å². The Bertz CT molecular complexity index is 1080. The topological polar surface area (TPSA) is 65.1 Å². The molecule has 22 heavy (non-hydrogen) atoms. The van der Waals surface area contributed by atoms with Crippen LogP contribution in [0.5, 0.6) is 0 Å². The predicted molar refractivity (Wildman–Crippen MR) is 78.6 cm³/mol. The molecule has 0 fully saturated rings. The van der Waals surface area contributed by atoms with Crippen molar-refractivity contribution in [2.75, 3.05) is 0 Å². The average molecular weight is 295 g/mol. The second-order valence-electron chi connectivity index (χ2n) is 4.87. The second kappa shape index (κ2) is 4.45. The highest BCUT2D eigenvalue weighted by Gasteiger charge is 2.12. The fourth-order valence-corrected chi connectivity index (χ4v) is 2.46. The molecule has 1 aromatic carbocycles. The van der Waals surface area contributed by atoms with Crippen molar-refractivity contribution in [3.8, 4) is 5.69 Å². The summed E-state index contributed by atoms with van der Waals surface area (Å²) in [5.74, 6) is 0.529. The van der Waals surface area contributed by atoms with Gasteiger partial charge in [0.15, 0.2) is 0 Å². The van der Waals surface area contributed by atoms with Crippen LogP contribution in [0.25, 0.3) is 22.4 Å². The average Bonchev–Trinajstić information content (AvgIpc) is 2.89. The second-order valence-corrected chi connectivity index (χ2v) is 4.87. The summed E-state index contributed by atoms with van der Waals surface area (Å²) in [5.41, 5.74) is 0.428. The minimum absolute atomic E-state index is 0.198. The molecule has 0 saturated heterocycles. The van der Waals surface area contributed by atoms with Crippen molar-refractivity contribution in [2.45, 2.75) is 6.92 Å². The van der Waals surface area contributed by atoms with Crippen molar-refractivity contribution in [2.24, 2.45) is 0 Å². The lowest BCUT2D eigenvalue weighted by atomic mass is 10.2. The number of halogens is 1. The first-order valence-electron chi connectivity index (χ1n) is 6.64. The summed E-state index contributed by atoms with van der Waals surface area (Å²) in [7, 11) is 0. The lowest BCUT2D eigenvalue weighted by molar-refractivity contribution is 0.616. The highest BCUT2D eigenvalue weighted by molar-refractivity contribution is 5.78. The van der Waals surface area contributed by atoms with Crippen molar-refractivity contribution in [1.82, 2.24) is 24.1 Å². The Labute approximate surface area is 123 Å². The largest absolute Gasteiger partial charge is 0.281 e. The standard InChI is InChI=1S/C15H10FN5O/c1-9-18-15-17-8-10-12(21(15)19-9)6-7-20(14(10)22)13-5-3-2-4-11(13)16/h2-8H,1H3. The maximum Gasteiger partial charge on any atom is 0.266 e. The Morgan fingerprint density at radius 3 is 2.82 bits per heavy atom. The molecule has 4 aromatic rings. The van der Waals surface area contributed by atoms with Crippen LogP contribution >= 0.6 is 0 Å². The third kappa shape index (κ3) is 1.72. The van der Waals surface area contributed by atoms with E-state index < -0.39 is 5.82 Å². The lowest BCUT2D eigenvalue weighted by Crippen LogP contribution is -2.19. The summed E-state index contributed by atoms with van der Waals surface area (Å²) in [6.07, 6.45) is 2.97. The molecule has 0 saturated carbocycles. The summed E-state index contributed by atoms with van der Waals surface area (Å²) in [5, 5.41) is 4.57. The molecule has 0 amide bonds. The zero-order valence-corrected chi connectivity index (χ0v) is 11.6. The van der Waals surface area contributed by atoms with Crippen LogP contribution < -0.4 is 5.56 Å². The molecular weight excluding hydrogens is 285 g/mol. The lowest BCUT2D eigenvalue weighted by Gasteiger charge is -2.08. The van der Waals surface area contributed by atoms with Crippen molar-refractivity contribution in [3.63, 3.8) is 0 Å². The van der Waals surface area contributed by atoms with Crippen LogP contribution in [0.1, 0.15) is 5.82 Å². The van der Waals surface area contributed by atoms with E-state index in [1.54, 1.807) is 31.2 Å². The van der Waals surface area contributed by atoms with E-state index in [4.69, 9.17) is 0 Å². The number of hydrogen-bond acceptors (Lipinski definition) is 4. The molecule has 0 N–H and O–H groups in total. The van der Waals surface area contributed by atoms with E-state index in [-0.39, 0.29) is 11.2 Å². The highest BCUT2D eigenvalue weighted by atomic mass is 19.1. The number of pyridine rings is 1. The molecule has 6 nitrogen and oxygen atoms in total. The van der Waals surface area contributed by atoms with Gasteiger partial charge in [-0.2, -0.15) is 9.50 Å². The summed E-state index contributed by atoms with van der Waals surface area (Å²) in [6, 6.07) is 7.82. The smallest absolute Gasteiger partial charge is 0.266 e.